The van der Waals surface area contributed by atoms with E-state index in [-0.39, 0.29) is 11.3 Å². The highest BCUT2D eigenvalue weighted by atomic mass is 16.5. The molecular formula is C18H25NO3. The second-order valence-electron chi connectivity index (χ2n) is 7.36. The Morgan fingerprint density at radius 1 is 1.41 bits per heavy atom. The third kappa shape index (κ3) is 2.50. The molecule has 1 saturated carbocycles. The van der Waals surface area contributed by atoms with E-state index in [0.29, 0.717) is 13.0 Å². The summed E-state index contributed by atoms with van der Waals surface area (Å²) < 4.78 is 5.81. The summed E-state index contributed by atoms with van der Waals surface area (Å²) in [5.41, 5.74) is 1.17. The molecule has 1 amide bonds. The smallest absolute Gasteiger partial charge is 0.261 e. The van der Waals surface area contributed by atoms with Crippen molar-refractivity contribution in [3.05, 3.63) is 29.3 Å². The first kappa shape index (κ1) is 15.3. The van der Waals surface area contributed by atoms with Gasteiger partial charge in [-0.2, -0.15) is 0 Å². The van der Waals surface area contributed by atoms with E-state index < -0.39 is 11.7 Å². The van der Waals surface area contributed by atoms with Gasteiger partial charge in [0.1, 0.15) is 5.75 Å². The molecule has 1 fully saturated rings. The van der Waals surface area contributed by atoms with Gasteiger partial charge < -0.3 is 15.2 Å². The Balaban J connectivity index is 1.62. The summed E-state index contributed by atoms with van der Waals surface area (Å²) in [4.78, 5) is 12.4. The number of carbonyl (C=O) groups excluding carboxylic acids is 1. The molecule has 1 aliphatic carbocycles. The maximum absolute atomic E-state index is 12.4. The molecule has 120 valence electrons. The molecule has 0 radical (unpaired) electrons. The van der Waals surface area contributed by atoms with Crippen LogP contribution < -0.4 is 10.1 Å². The topological polar surface area (TPSA) is 58.6 Å². The fourth-order valence-corrected chi connectivity index (χ4v) is 3.64. The molecule has 1 aromatic carbocycles. The van der Waals surface area contributed by atoms with Gasteiger partial charge in [-0.3, -0.25) is 4.79 Å². The predicted octanol–water partition coefficient (Wildman–Crippen LogP) is 2.36. The van der Waals surface area contributed by atoms with Gasteiger partial charge in [0.2, 0.25) is 0 Å². The lowest BCUT2D eigenvalue weighted by Gasteiger charge is -2.37. The molecule has 1 heterocycles. The van der Waals surface area contributed by atoms with Crippen molar-refractivity contribution in [3.8, 4) is 5.75 Å². The molecule has 0 bridgehead atoms. The van der Waals surface area contributed by atoms with Gasteiger partial charge in [0.25, 0.3) is 5.91 Å². The highest BCUT2D eigenvalue weighted by Gasteiger charge is 2.47. The summed E-state index contributed by atoms with van der Waals surface area (Å²) in [5, 5.41) is 13.7. The van der Waals surface area contributed by atoms with Gasteiger partial charge in [0.15, 0.2) is 6.10 Å². The lowest BCUT2D eigenvalue weighted by Crippen LogP contribution is -2.51. The maximum atomic E-state index is 12.4. The minimum atomic E-state index is -0.815. The number of aryl methyl sites for hydroxylation is 1. The lowest BCUT2D eigenvalue weighted by atomic mass is 9.78. The number of ether oxygens (including phenoxy) is 1. The van der Waals surface area contributed by atoms with Crippen LogP contribution in [0.2, 0.25) is 0 Å². The Labute approximate surface area is 131 Å². The lowest BCUT2D eigenvalue weighted by molar-refractivity contribution is -0.129. The molecule has 0 aromatic heterocycles. The maximum Gasteiger partial charge on any atom is 0.261 e. The highest BCUT2D eigenvalue weighted by molar-refractivity contribution is 5.82. The van der Waals surface area contributed by atoms with Crippen LogP contribution in [-0.2, 0) is 11.2 Å². The van der Waals surface area contributed by atoms with Crippen molar-refractivity contribution in [1.82, 2.24) is 5.32 Å². The fourth-order valence-electron chi connectivity index (χ4n) is 3.64. The van der Waals surface area contributed by atoms with Crippen molar-refractivity contribution in [3.63, 3.8) is 0 Å². The summed E-state index contributed by atoms with van der Waals surface area (Å²) >= 11 is 0. The zero-order valence-corrected chi connectivity index (χ0v) is 13.6. The summed E-state index contributed by atoms with van der Waals surface area (Å²) in [6, 6.07) is 5.98. The molecule has 0 saturated heterocycles. The van der Waals surface area contributed by atoms with Crippen LogP contribution in [0.15, 0.2) is 18.2 Å². The fraction of sp³-hybridized carbons (Fsp3) is 0.611. The van der Waals surface area contributed by atoms with Crippen LogP contribution in [0, 0.1) is 12.3 Å². The number of hydrogen-bond donors (Lipinski definition) is 2. The average Bonchev–Trinajstić information content (AvgIpc) is 3.00. The molecule has 2 unspecified atom stereocenters. The zero-order chi connectivity index (χ0) is 16.0. The van der Waals surface area contributed by atoms with Gasteiger partial charge in [0.05, 0.1) is 5.60 Å². The Morgan fingerprint density at radius 2 is 2.18 bits per heavy atom. The van der Waals surface area contributed by atoms with Gasteiger partial charge in [-0.25, -0.2) is 0 Å². The second kappa shape index (κ2) is 5.27. The molecular weight excluding hydrogens is 278 g/mol. The summed E-state index contributed by atoms with van der Waals surface area (Å²) in [6.45, 7) is 6.42. The first-order valence-electron chi connectivity index (χ1n) is 8.08. The SMILES string of the molecule is Cc1cccc2c1OC(C(=O)NCC1(O)CCCC1(C)C)C2. The largest absolute Gasteiger partial charge is 0.480 e. The molecule has 2 atom stereocenters. The number of aliphatic hydroxyl groups is 1. The second-order valence-corrected chi connectivity index (χ2v) is 7.36. The van der Waals surface area contributed by atoms with Gasteiger partial charge in [-0.05, 0) is 42.7 Å². The Hall–Kier alpha value is -1.55. The highest BCUT2D eigenvalue weighted by Crippen LogP contribution is 2.45. The van der Waals surface area contributed by atoms with Crippen LogP contribution in [0.5, 0.6) is 5.75 Å². The molecule has 2 aliphatic rings. The standard InChI is InChI=1S/C18H25NO3/c1-12-6-4-7-13-10-14(22-15(12)13)16(20)19-11-18(21)9-5-8-17(18,2)3/h4,6-7,14,21H,5,8-11H2,1-3H3,(H,19,20). The average molecular weight is 303 g/mol. The number of hydrogen-bond acceptors (Lipinski definition) is 3. The van der Waals surface area contributed by atoms with Crippen molar-refractivity contribution in [2.45, 2.75) is 58.2 Å². The van der Waals surface area contributed by atoms with Gasteiger partial charge >= 0.3 is 0 Å². The van der Waals surface area contributed by atoms with Gasteiger partial charge in [0, 0.05) is 13.0 Å². The summed E-state index contributed by atoms with van der Waals surface area (Å²) in [6.07, 6.45) is 2.85. The molecule has 4 nitrogen and oxygen atoms in total. The third-order valence-electron chi connectivity index (χ3n) is 5.46. The van der Waals surface area contributed by atoms with E-state index in [2.05, 4.69) is 19.2 Å². The van der Waals surface area contributed by atoms with E-state index in [0.717, 1.165) is 36.1 Å². The quantitative estimate of drug-likeness (QED) is 0.901. The number of amides is 1. The Morgan fingerprint density at radius 3 is 2.82 bits per heavy atom. The van der Waals surface area contributed by atoms with Crippen molar-refractivity contribution in [2.75, 3.05) is 6.54 Å². The van der Waals surface area contributed by atoms with Crippen LogP contribution in [0.3, 0.4) is 0 Å². The van der Waals surface area contributed by atoms with E-state index in [4.69, 9.17) is 4.74 Å². The van der Waals surface area contributed by atoms with Crippen LogP contribution in [0.25, 0.3) is 0 Å². The number of carbonyl (C=O) groups is 1. The summed E-state index contributed by atoms with van der Waals surface area (Å²) in [7, 11) is 0. The van der Waals surface area contributed by atoms with Crippen LogP contribution in [0.1, 0.15) is 44.2 Å². The third-order valence-corrected chi connectivity index (χ3v) is 5.46. The van der Waals surface area contributed by atoms with Crippen molar-refractivity contribution in [1.29, 1.82) is 0 Å². The van der Waals surface area contributed by atoms with E-state index in [9.17, 15) is 9.90 Å². The molecule has 1 aliphatic heterocycles. The van der Waals surface area contributed by atoms with E-state index >= 15 is 0 Å². The van der Waals surface area contributed by atoms with Crippen LogP contribution in [-0.4, -0.2) is 29.3 Å². The number of nitrogens with one attached hydrogen (secondary N) is 1. The Bertz CT molecular complexity index is 596. The van der Waals surface area contributed by atoms with Crippen molar-refractivity contribution in [2.24, 2.45) is 5.41 Å². The first-order valence-corrected chi connectivity index (χ1v) is 8.08. The van der Waals surface area contributed by atoms with Gasteiger partial charge in [-0.15, -0.1) is 0 Å². The van der Waals surface area contributed by atoms with E-state index in [1.54, 1.807) is 0 Å². The molecule has 1 aromatic rings. The molecule has 0 spiro atoms. The minimum absolute atomic E-state index is 0.133. The Kier molecular flexibility index (Phi) is 3.68. The predicted molar refractivity (Wildman–Crippen MR) is 84.9 cm³/mol. The number of benzene rings is 1. The van der Waals surface area contributed by atoms with Crippen LogP contribution in [0.4, 0.5) is 0 Å². The number of rotatable bonds is 3. The van der Waals surface area contributed by atoms with E-state index in [1.165, 1.54) is 0 Å². The monoisotopic (exact) mass is 303 g/mol. The minimum Gasteiger partial charge on any atom is -0.480 e. The molecule has 22 heavy (non-hydrogen) atoms. The normalized spacial score (nSPS) is 29.0. The number of para-hydroxylation sites is 1. The van der Waals surface area contributed by atoms with Crippen LogP contribution >= 0.6 is 0 Å². The first-order chi connectivity index (χ1) is 10.3. The molecule has 3 rings (SSSR count). The zero-order valence-electron chi connectivity index (χ0n) is 13.6. The van der Waals surface area contributed by atoms with Gasteiger partial charge in [-0.1, -0.05) is 32.0 Å². The summed E-state index contributed by atoms with van der Waals surface area (Å²) in [5.74, 6) is 0.703. The molecule has 2 N–H and O–H groups in total. The number of fused-ring (bicyclic) bond motifs is 1. The van der Waals surface area contributed by atoms with Crippen molar-refractivity contribution < 1.29 is 14.6 Å². The van der Waals surface area contributed by atoms with E-state index in [1.807, 2.05) is 25.1 Å². The molecule has 4 heteroatoms. The van der Waals surface area contributed by atoms with Crippen molar-refractivity contribution >= 4 is 5.91 Å².